The lowest BCUT2D eigenvalue weighted by atomic mass is 10.2. The topological polar surface area (TPSA) is 67.6 Å². The van der Waals surface area contributed by atoms with Crippen molar-refractivity contribution in [3.63, 3.8) is 0 Å². The van der Waals surface area contributed by atoms with Crippen LogP contribution in [0.25, 0.3) is 22.6 Å². The minimum atomic E-state index is 0.596. The maximum atomic E-state index is 5.95. The van der Waals surface area contributed by atoms with E-state index in [4.69, 9.17) is 17.3 Å². The van der Waals surface area contributed by atoms with Gasteiger partial charge in [0.05, 0.1) is 5.52 Å². The Labute approximate surface area is 109 Å². The number of aryl methyl sites for hydroxylation is 1. The number of fused-ring (bicyclic) bond motifs is 1. The van der Waals surface area contributed by atoms with Gasteiger partial charge in [0.25, 0.3) is 0 Å². The van der Waals surface area contributed by atoms with Crippen LogP contribution in [0.1, 0.15) is 5.56 Å². The number of imidazole rings is 1. The normalized spacial score (nSPS) is 11.0. The molecule has 1 aromatic carbocycles. The fourth-order valence-corrected chi connectivity index (χ4v) is 2.09. The number of aromatic nitrogens is 3. The first-order chi connectivity index (χ1) is 8.65. The van der Waals surface area contributed by atoms with E-state index in [1.54, 1.807) is 18.3 Å². The van der Waals surface area contributed by atoms with Crippen molar-refractivity contribution in [2.45, 2.75) is 6.92 Å². The van der Waals surface area contributed by atoms with Gasteiger partial charge in [-0.2, -0.15) is 0 Å². The zero-order valence-corrected chi connectivity index (χ0v) is 10.5. The molecule has 18 heavy (non-hydrogen) atoms. The molecule has 2 heterocycles. The number of hydrogen-bond donors (Lipinski definition) is 2. The first kappa shape index (κ1) is 11.0. The van der Waals surface area contributed by atoms with Gasteiger partial charge in [-0.05, 0) is 36.8 Å². The molecule has 3 rings (SSSR count). The summed E-state index contributed by atoms with van der Waals surface area (Å²) in [6.45, 7) is 2.01. The molecule has 3 aromatic rings. The molecule has 5 heteroatoms. The summed E-state index contributed by atoms with van der Waals surface area (Å²) in [6, 6.07) is 7.30. The number of aromatic amines is 1. The van der Waals surface area contributed by atoms with Gasteiger partial charge in [-0.15, -0.1) is 0 Å². The maximum absolute atomic E-state index is 5.95. The van der Waals surface area contributed by atoms with Crippen molar-refractivity contribution in [1.82, 2.24) is 15.0 Å². The second-order valence-electron chi connectivity index (χ2n) is 4.14. The molecule has 0 aliphatic heterocycles. The van der Waals surface area contributed by atoms with Crippen LogP contribution < -0.4 is 5.73 Å². The Balaban J connectivity index is 2.23. The molecule has 0 bridgehead atoms. The quantitative estimate of drug-likeness (QED) is 0.659. The maximum Gasteiger partial charge on any atom is 0.178 e. The Morgan fingerprint density at radius 2 is 2.11 bits per heavy atom. The van der Waals surface area contributed by atoms with E-state index in [0.29, 0.717) is 22.2 Å². The number of halogens is 1. The summed E-state index contributed by atoms with van der Waals surface area (Å²) in [5.74, 6) is 0.709. The highest BCUT2D eigenvalue weighted by Crippen LogP contribution is 2.28. The van der Waals surface area contributed by atoms with E-state index in [9.17, 15) is 0 Å². The zero-order chi connectivity index (χ0) is 12.7. The van der Waals surface area contributed by atoms with Gasteiger partial charge in [0.2, 0.25) is 0 Å². The molecule has 4 nitrogen and oxygen atoms in total. The molecule has 0 atom stereocenters. The van der Waals surface area contributed by atoms with Crippen molar-refractivity contribution in [3.8, 4) is 11.4 Å². The smallest absolute Gasteiger partial charge is 0.178 e. The van der Waals surface area contributed by atoms with E-state index in [2.05, 4.69) is 15.0 Å². The van der Waals surface area contributed by atoms with Crippen molar-refractivity contribution in [2.24, 2.45) is 0 Å². The molecule has 0 aliphatic rings. The third-order valence-corrected chi connectivity index (χ3v) is 3.10. The summed E-state index contributed by atoms with van der Waals surface area (Å²) >= 11 is 5.89. The predicted octanol–water partition coefficient (Wildman–Crippen LogP) is 3.17. The molecule has 0 spiro atoms. The Hall–Kier alpha value is -2.07. The van der Waals surface area contributed by atoms with Crippen molar-refractivity contribution >= 4 is 28.5 Å². The number of benzene rings is 1. The molecule has 0 saturated heterocycles. The highest BCUT2D eigenvalue weighted by molar-refractivity contribution is 6.31. The van der Waals surface area contributed by atoms with Crippen LogP contribution in [0.4, 0.5) is 5.69 Å². The van der Waals surface area contributed by atoms with Gasteiger partial charge in [0.1, 0.15) is 5.82 Å². The number of rotatable bonds is 1. The molecule has 0 unspecified atom stereocenters. The molecule has 3 N–H and O–H groups in total. The van der Waals surface area contributed by atoms with Gasteiger partial charge in [-0.1, -0.05) is 11.6 Å². The van der Waals surface area contributed by atoms with Crippen LogP contribution in [0.15, 0.2) is 30.5 Å². The average molecular weight is 259 g/mol. The van der Waals surface area contributed by atoms with Gasteiger partial charge in [-0.3, -0.25) is 0 Å². The van der Waals surface area contributed by atoms with Crippen LogP contribution in [-0.2, 0) is 0 Å². The van der Waals surface area contributed by atoms with Gasteiger partial charge in [-0.25, -0.2) is 9.97 Å². The highest BCUT2D eigenvalue weighted by Gasteiger charge is 2.10. The number of hydrogen-bond acceptors (Lipinski definition) is 3. The fraction of sp³-hybridized carbons (Fsp3) is 0.0769. The number of nitrogens with zero attached hydrogens (tertiary/aromatic N) is 2. The molecule has 0 saturated carbocycles. The minimum Gasteiger partial charge on any atom is -0.398 e. The number of anilines is 1. The molecule has 0 radical (unpaired) electrons. The third-order valence-electron chi connectivity index (χ3n) is 2.87. The average Bonchev–Trinajstić information content (AvgIpc) is 2.74. The second kappa shape index (κ2) is 3.99. The minimum absolute atomic E-state index is 0.596. The summed E-state index contributed by atoms with van der Waals surface area (Å²) in [4.78, 5) is 11.9. The highest BCUT2D eigenvalue weighted by atomic mass is 35.5. The molecule has 0 amide bonds. The molecule has 2 aromatic heterocycles. The van der Waals surface area contributed by atoms with Gasteiger partial charge >= 0.3 is 0 Å². The Kier molecular flexibility index (Phi) is 2.45. The largest absolute Gasteiger partial charge is 0.398 e. The van der Waals surface area contributed by atoms with E-state index in [1.165, 1.54) is 0 Å². The summed E-state index contributed by atoms with van der Waals surface area (Å²) in [7, 11) is 0. The van der Waals surface area contributed by atoms with E-state index in [-0.39, 0.29) is 0 Å². The summed E-state index contributed by atoms with van der Waals surface area (Å²) in [5.41, 5.74) is 10.1. The SMILES string of the molecule is Cc1ccnc2nc(-c3ccc(Cl)cc3N)[nH]c12. The van der Waals surface area contributed by atoms with Gasteiger partial charge in [0, 0.05) is 22.5 Å². The van der Waals surface area contributed by atoms with Gasteiger partial charge in [0.15, 0.2) is 5.65 Å². The lowest BCUT2D eigenvalue weighted by Crippen LogP contribution is -1.91. The van der Waals surface area contributed by atoms with Gasteiger partial charge < -0.3 is 10.7 Å². The van der Waals surface area contributed by atoms with E-state index >= 15 is 0 Å². The fourth-order valence-electron chi connectivity index (χ4n) is 1.91. The predicted molar refractivity (Wildman–Crippen MR) is 73.5 cm³/mol. The molecule has 0 fully saturated rings. The number of nitrogen functional groups attached to an aromatic ring is 1. The zero-order valence-electron chi connectivity index (χ0n) is 9.74. The second-order valence-corrected chi connectivity index (χ2v) is 4.58. The lowest BCUT2D eigenvalue weighted by molar-refractivity contribution is 1.30. The van der Waals surface area contributed by atoms with Crippen molar-refractivity contribution < 1.29 is 0 Å². The van der Waals surface area contributed by atoms with E-state index in [1.807, 2.05) is 19.1 Å². The Morgan fingerprint density at radius 3 is 2.83 bits per heavy atom. The number of H-pyrrole nitrogens is 1. The lowest BCUT2D eigenvalue weighted by Gasteiger charge is -2.02. The number of pyridine rings is 1. The molecular weight excluding hydrogens is 248 g/mol. The first-order valence-electron chi connectivity index (χ1n) is 5.52. The summed E-state index contributed by atoms with van der Waals surface area (Å²) in [5, 5.41) is 0.613. The third kappa shape index (κ3) is 1.71. The van der Waals surface area contributed by atoms with E-state index in [0.717, 1.165) is 16.6 Å². The molecular formula is C13H11ClN4. The van der Waals surface area contributed by atoms with Crippen LogP contribution in [0.2, 0.25) is 5.02 Å². The van der Waals surface area contributed by atoms with Crippen molar-refractivity contribution in [1.29, 1.82) is 0 Å². The van der Waals surface area contributed by atoms with Crippen LogP contribution >= 0.6 is 11.6 Å². The summed E-state index contributed by atoms with van der Waals surface area (Å²) < 4.78 is 0. The first-order valence-corrected chi connectivity index (χ1v) is 5.89. The van der Waals surface area contributed by atoms with Crippen LogP contribution in [0.3, 0.4) is 0 Å². The standard InChI is InChI=1S/C13H11ClN4/c1-7-4-5-16-13-11(7)17-12(18-13)9-3-2-8(14)6-10(9)15/h2-6H,15H2,1H3,(H,16,17,18). The Morgan fingerprint density at radius 1 is 1.28 bits per heavy atom. The summed E-state index contributed by atoms with van der Waals surface area (Å²) in [6.07, 6.45) is 1.74. The van der Waals surface area contributed by atoms with Crippen molar-refractivity contribution in [3.05, 3.63) is 41.0 Å². The number of nitrogens with two attached hydrogens (primary N) is 1. The Bertz CT molecular complexity index is 733. The van der Waals surface area contributed by atoms with Crippen LogP contribution in [-0.4, -0.2) is 15.0 Å². The van der Waals surface area contributed by atoms with Crippen LogP contribution in [0, 0.1) is 6.92 Å². The van der Waals surface area contributed by atoms with E-state index < -0.39 is 0 Å². The number of nitrogens with one attached hydrogen (secondary N) is 1. The molecule has 0 aliphatic carbocycles. The molecule has 90 valence electrons. The van der Waals surface area contributed by atoms with Crippen molar-refractivity contribution in [2.75, 3.05) is 5.73 Å². The monoisotopic (exact) mass is 258 g/mol. The van der Waals surface area contributed by atoms with Crippen LogP contribution in [0.5, 0.6) is 0 Å².